The number of benzene rings is 1. The Hall–Kier alpha value is -0.740. The lowest BCUT2D eigenvalue weighted by Crippen LogP contribution is -2.28. The lowest BCUT2D eigenvalue weighted by Gasteiger charge is -2.22. The summed E-state index contributed by atoms with van der Waals surface area (Å²) in [5.41, 5.74) is 5.94. The molecule has 0 aliphatic rings. The highest BCUT2D eigenvalue weighted by molar-refractivity contribution is 5.85. The molecule has 0 saturated heterocycles. The average Bonchev–Trinajstić information content (AvgIpc) is 2.14. The molecule has 0 saturated carbocycles. The van der Waals surface area contributed by atoms with Gasteiger partial charge in [0.15, 0.2) is 0 Å². The maximum Gasteiger partial charge on any atom is 0.407 e. The lowest BCUT2D eigenvalue weighted by molar-refractivity contribution is -0.149. The fourth-order valence-corrected chi connectivity index (χ4v) is 1.39. The van der Waals surface area contributed by atoms with Crippen molar-refractivity contribution < 1.29 is 13.2 Å². The summed E-state index contributed by atoms with van der Waals surface area (Å²) in [6, 6.07) is 4.45. The molecular formula is C12H17ClF3N. The number of nitrogens with two attached hydrogens (primary N) is 1. The highest BCUT2D eigenvalue weighted by Gasteiger charge is 2.38. The summed E-state index contributed by atoms with van der Waals surface area (Å²) in [6.45, 7) is 5.85. The summed E-state index contributed by atoms with van der Waals surface area (Å²) in [7, 11) is 0. The molecule has 0 heterocycles. The van der Waals surface area contributed by atoms with Crippen LogP contribution in [0.3, 0.4) is 0 Å². The molecule has 2 N–H and O–H groups in total. The highest BCUT2D eigenvalue weighted by atomic mass is 35.5. The molecule has 0 amide bonds. The van der Waals surface area contributed by atoms with Crippen molar-refractivity contribution in [2.24, 2.45) is 5.73 Å². The summed E-state index contributed by atoms with van der Waals surface area (Å²) in [5.74, 6) is 0. The van der Waals surface area contributed by atoms with Gasteiger partial charge in [0.1, 0.15) is 6.04 Å². The Bertz CT molecular complexity index is 369. The fourth-order valence-electron chi connectivity index (χ4n) is 1.39. The van der Waals surface area contributed by atoms with Gasteiger partial charge in [0.2, 0.25) is 0 Å². The molecule has 0 bridgehead atoms. The van der Waals surface area contributed by atoms with Gasteiger partial charge in [0.05, 0.1) is 0 Å². The second-order valence-electron chi connectivity index (χ2n) is 4.89. The van der Waals surface area contributed by atoms with E-state index in [1.807, 2.05) is 26.8 Å². The van der Waals surface area contributed by atoms with Gasteiger partial charge in [-0.3, -0.25) is 0 Å². The normalized spacial score (nSPS) is 14.1. The monoisotopic (exact) mass is 267 g/mol. The first kappa shape index (κ1) is 16.3. The predicted molar refractivity (Wildman–Crippen MR) is 65.4 cm³/mol. The van der Waals surface area contributed by atoms with E-state index in [4.69, 9.17) is 5.73 Å². The Morgan fingerprint density at radius 3 is 2.06 bits per heavy atom. The maximum atomic E-state index is 12.4. The van der Waals surface area contributed by atoms with Gasteiger partial charge in [-0.1, -0.05) is 45.0 Å². The molecule has 0 unspecified atom stereocenters. The number of rotatable bonds is 1. The minimum absolute atomic E-state index is 0. The average molecular weight is 268 g/mol. The molecule has 1 aromatic rings. The zero-order valence-corrected chi connectivity index (χ0v) is 10.8. The zero-order valence-electron chi connectivity index (χ0n) is 10.0. The van der Waals surface area contributed by atoms with E-state index in [9.17, 15) is 13.2 Å². The largest absolute Gasteiger partial charge is 0.407 e. The van der Waals surface area contributed by atoms with Crippen molar-refractivity contribution >= 4 is 12.4 Å². The van der Waals surface area contributed by atoms with Crippen LogP contribution in [0.5, 0.6) is 0 Å². The van der Waals surface area contributed by atoms with Gasteiger partial charge in [-0.15, -0.1) is 12.4 Å². The molecule has 0 radical (unpaired) electrons. The summed E-state index contributed by atoms with van der Waals surface area (Å²) >= 11 is 0. The topological polar surface area (TPSA) is 26.0 Å². The van der Waals surface area contributed by atoms with E-state index in [-0.39, 0.29) is 23.4 Å². The Labute approximate surface area is 106 Å². The second-order valence-corrected chi connectivity index (χ2v) is 4.89. The predicted octanol–water partition coefficient (Wildman–Crippen LogP) is 3.97. The van der Waals surface area contributed by atoms with Crippen LogP contribution in [0.1, 0.15) is 37.9 Å². The van der Waals surface area contributed by atoms with E-state index >= 15 is 0 Å². The van der Waals surface area contributed by atoms with Crippen LogP contribution >= 0.6 is 12.4 Å². The summed E-state index contributed by atoms with van der Waals surface area (Å²) in [4.78, 5) is 0. The van der Waals surface area contributed by atoms with Crippen molar-refractivity contribution in [2.45, 2.75) is 38.4 Å². The van der Waals surface area contributed by atoms with Crippen LogP contribution < -0.4 is 5.73 Å². The SMILES string of the molecule is CC(C)(C)c1cccc([C@H](N)C(F)(F)F)c1.Cl. The quantitative estimate of drug-likeness (QED) is 0.819. The molecule has 0 aromatic heterocycles. The molecular weight excluding hydrogens is 251 g/mol. The van der Waals surface area contributed by atoms with E-state index in [1.54, 1.807) is 6.07 Å². The number of halogens is 4. The van der Waals surface area contributed by atoms with Crippen LogP contribution in [0.4, 0.5) is 13.2 Å². The van der Waals surface area contributed by atoms with Crippen LogP contribution in [0.25, 0.3) is 0 Å². The van der Waals surface area contributed by atoms with Crippen LogP contribution in [0.2, 0.25) is 0 Å². The summed E-state index contributed by atoms with van der Waals surface area (Å²) in [6.07, 6.45) is -4.39. The van der Waals surface area contributed by atoms with Crippen molar-refractivity contribution in [3.8, 4) is 0 Å². The fraction of sp³-hybridized carbons (Fsp3) is 0.500. The first-order chi connectivity index (χ1) is 7.12. The van der Waals surface area contributed by atoms with Crippen LogP contribution in [0.15, 0.2) is 24.3 Å². The van der Waals surface area contributed by atoms with Gasteiger partial charge in [-0.05, 0) is 16.5 Å². The molecule has 0 aliphatic heterocycles. The minimum atomic E-state index is -4.39. The van der Waals surface area contributed by atoms with E-state index in [0.717, 1.165) is 5.56 Å². The molecule has 0 aliphatic carbocycles. The molecule has 1 aromatic carbocycles. The van der Waals surface area contributed by atoms with Gasteiger partial charge in [0.25, 0.3) is 0 Å². The molecule has 1 nitrogen and oxygen atoms in total. The van der Waals surface area contributed by atoms with E-state index in [2.05, 4.69) is 0 Å². The number of alkyl halides is 3. The lowest BCUT2D eigenvalue weighted by atomic mass is 9.85. The zero-order chi connectivity index (χ0) is 12.6. The summed E-state index contributed by atoms with van der Waals surface area (Å²) in [5, 5.41) is 0. The van der Waals surface area contributed by atoms with Crippen molar-refractivity contribution in [2.75, 3.05) is 0 Å². The van der Waals surface area contributed by atoms with E-state index in [0.29, 0.717) is 0 Å². The molecule has 17 heavy (non-hydrogen) atoms. The third-order valence-electron chi connectivity index (χ3n) is 2.46. The first-order valence-electron chi connectivity index (χ1n) is 5.05. The molecule has 1 rings (SSSR count). The Morgan fingerprint density at radius 2 is 1.65 bits per heavy atom. The van der Waals surface area contributed by atoms with E-state index in [1.165, 1.54) is 12.1 Å². The smallest absolute Gasteiger partial charge is 0.316 e. The number of hydrogen-bond donors (Lipinski definition) is 1. The third kappa shape index (κ3) is 4.21. The van der Waals surface area contributed by atoms with Crippen molar-refractivity contribution in [3.63, 3.8) is 0 Å². The van der Waals surface area contributed by atoms with E-state index < -0.39 is 12.2 Å². The highest BCUT2D eigenvalue weighted by Crippen LogP contribution is 2.32. The molecule has 5 heteroatoms. The molecule has 0 fully saturated rings. The van der Waals surface area contributed by atoms with Gasteiger partial charge < -0.3 is 5.73 Å². The van der Waals surface area contributed by atoms with Gasteiger partial charge in [0, 0.05) is 0 Å². The molecule has 98 valence electrons. The first-order valence-corrected chi connectivity index (χ1v) is 5.05. The Balaban J connectivity index is 0.00000256. The van der Waals surface area contributed by atoms with Crippen molar-refractivity contribution in [1.29, 1.82) is 0 Å². The van der Waals surface area contributed by atoms with Crippen LogP contribution in [0, 0.1) is 0 Å². The third-order valence-corrected chi connectivity index (χ3v) is 2.46. The van der Waals surface area contributed by atoms with Crippen LogP contribution in [-0.2, 0) is 5.41 Å². The van der Waals surface area contributed by atoms with Crippen molar-refractivity contribution in [3.05, 3.63) is 35.4 Å². The van der Waals surface area contributed by atoms with Gasteiger partial charge in [-0.25, -0.2) is 0 Å². The standard InChI is InChI=1S/C12H16F3N.ClH/c1-11(2,3)9-6-4-5-8(7-9)10(16)12(13,14)15;/h4-7,10H,16H2,1-3H3;1H/t10-;/m0./s1. The molecule has 0 spiro atoms. The van der Waals surface area contributed by atoms with Crippen LogP contribution in [-0.4, -0.2) is 6.18 Å². The van der Waals surface area contributed by atoms with Crippen molar-refractivity contribution in [1.82, 2.24) is 0 Å². The minimum Gasteiger partial charge on any atom is -0.316 e. The Kier molecular flexibility index (Phi) is 5.04. The van der Waals surface area contributed by atoms with Gasteiger partial charge >= 0.3 is 6.18 Å². The van der Waals surface area contributed by atoms with Gasteiger partial charge in [-0.2, -0.15) is 13.2 Å². The second kappa shape index (κ2) is 5.27. The molecule has 1 atom stereocenters. The number of hydrogen-bond acceptors (Lipinski definition) is 1. The maximum absolute atomic E-state index is 12.4. The summed E-state index contributed by atoms with van der Waals surface area (Å²) < 4.78 is 37.3. The Morgan fingerprint density at radius 1 is 1.12 bits per heavy atom.